The molecular formula is C23H23FN6. The molecule has 0 unspecified atom stereocenters. The third-order valence-electron chi connectivity index (χ3n) is 5.68. The third-order valence-corrected chi connectivity index (χ3v) is 5.68. The summed E-state index contributed by atoms with van der Waals surface area (Å²) in [6.07, 6.45) is 3.52. The maximum Gasteiger partial charge on any atom is 0.155 e. The number of nitrogens with zero attached hydrogens (tertiary/aromatic N) is 6. The van der Waals surface area contributed by atoms with Gasteiger partial charge >= 0.3 is 0 Å². The highest BCUT2D eigenvalue weighted by Gasteiger charge is 2.21. The number of hydrogen-bond acceptors (Lipinski definition) is 5. The normalized spacial score (nSPS) is 15.1. The Morgan fingerprint density at radius 1 is 0.867 bits per heavy atom. The van der Waals surface area contributed by atoms with Crippen molar-refractivity contribution in [2.24, 2.45) is 0 Å². The zero-order valence-electron chi connectivity index (χ0n) is 16.9. The summed E-state index contributed by atoms with van der Waals surface area (Å²) in [4.78, 5) is 13.7. The van der Waals surface area contributed by atoms with E-state index < -0.39 is 0 Å². The fraction of sp³-hybridized carbons (Fsp3) is 0.261. The van der Waals surface area contributed by atoms with Crippen LogP contribution in [0.5, 0.6) is 0 Å². The molecule has 0 N–H and O–H groups in total. The van der Waals surface area contributed by atoms with Crippen LogP contribution in [-0.2, 0) is 0 Å². The predicted molar refractivity (Wildman–Crippen MR) is 116 cm³/mol. The Morgan fingerprint density at radius 3 is 2.30 bits per heavy atom. The van der Waals surface area contributed by atoms with Gasteiger partial charge in [-0.05, 0) is 55.1 Å². The number of hydrogen-bond donors (Lipinski definition) is 0. The van der Waals surface area contributed by atoms with Gasteiger partial charge in [0.2, 0.25) is 0 Å². The van der Waals surface area contributed by atoms with Crippen molar-refractivity contribution in [3.8, 4) is 22.5 Å². The summed E-state index contributed by atoms with van der Waals surface area (Å²) in [6, 6.07) is 14.4. The van der Waals surface area contributed by atoms with Crippen LogP contribution in [0, 0.1) is 5.82 Å². The van der Waals surface area contributed by atoms with Gasteiger partial charge in [-0.2, -0.15) is 0 Å². The number of fused-ring (bicyclic) bond motifs is 1. The largest absolute Gasteiger partial charge is 0.353 e. The topological polar surface area (TPSA) is 49.6 Å². The minimum absolute atomic E-state index is 0.264. The molecule has 1 saturated heterocycles. The number of anilines is 1. The van der Waals surface area contributed by atoms with Gasteiger partial charge in [-0.3, -0.25) is 4.98 Å². The molecule has 152 valence electrons. The lowest BCUT2D eigenvalue weighted by Crippen LogP contribution is -2.46. The summed E-state index contributed by atoms with van der Waals surface area (Å²) in [7, 11) is 0. The first kappa shape index (κ1) is 18.7. The van der Waals surface area contributed by atoms with Crippen LogP contribution in [0.3, 0.4) is 0 Å². The molecule has 0 aliphatic carbocycles. The number of benzene rings is 1. The highest BCUT2D eigenvalue weighted by molar-refractivity contribution is 5.81. The van der Waals surface area contributed by atoms with Crippen LogP contribution >= 0.6 is 0 Å². The molecule has 1 aliphatic rings. The number of pyridine rings is 1. The van der Waals surface area contributed by atoms with Gasteiger partial charge in [-0.25, -0.2) is 13.9 Å². The SMILES string of the molecule is CCN1CCN(c2ccc3nc(-c4ccc(F)cc4)c(-c4ccncc4)n3n2)CC1. The lowest BCUT2D eigenvalue weighted by molar-refractivity contribution is 0.270. The molecule has 1 aromatic carbocycles. The molecule has 4 heterocycles. The Hall–Kier alpha value is -3.32. The number of halogens is 1. The number of aromatic nitrogens is 4. The van der Waals surface area contributed by atoms with Crippen LogP contribution in [0.1, 0.15) is 6.92 Å². The van der Waals surface area contributed by atoms with Crippen LogP contribution in [0.4, 0.5) is 10.2 Å². The molecule has 1 aliphatic heterocycles. The van der Waals surface area contributed by atoms with Crippen molar-refractivity contribution >= 4 is 11.5 Å². The van der Waals surface area contributed by atoms with Crippen LogP contribution < -0.4 is 4.90 Å². The summed E-state index contributed by atoms with van der Waals surface area (Å²) in [5.41, 5.74) is 4.25. The van der Waals surface area contributed by atoms with Gasteiger partial charge in [0.15, 0.2) is 5.65 Å². The van der Waals surface area contributed by atoms with E-state index in [2.05, 4.69) is 21.7 Å². The molecule has 0 amide bonds. The second kappa shape index (κ2) is 7.84. The van der Waals surface area contributed by atoms with Gasteiger partial charge in [0.05, 0.1) is 5.69 Å². The second-order valence-electron chi connectivity index (χ2n) is 7.43. The van der Waals surface area contributed by atoms with Gasteiger partial charge in [0.25, 0.3) is 0 Å². The average Bonchev–Trinajstić information content (AvgIpc) is 3.19. The van der Waals surface area contributed by atoms with E-state index in [9.17, 15) is 4.39 Å². The first-order valence-corrected chi connectivity index (χ1v) is 10.3. The first-order valence-electron chi connectivity index (χ1n) is 10.3. The Balaban J connectivity index is 1.63. The summed E-state index contributed by atoms with van der Waals surface area (Å²) in [5, 5.41) is 4.96. The molecule has 0 radical (unpaired) electrons. The Morgan fingerprint density at radius 2 is 1.60 bits per heavy atom. The monoisotopic (exact) mass is 402 g/mol. The molecule has 0 saturated carbocycles. The van der Waals surface area contributed by atoms with Crippen molar-refractivity contribution in [1.82, 2.24) is 24.5 Å². The van der Waals surface area contributed by atoms with Crippen molar-refractivity contribution in [3.05, 3.63) is 66.7 Å². The van der Waals surface area contributed by atoms with Crippen molar-refractivity contribution in [2.45, 2.75) is 6.92 Å². The quantitative estimate of drug-likeness (QED) is 0.521. The lowest BCUT2D eigenvalue weighted by Gasteiger charge is -2.34. The van der Waals surface area contributed by atoms with Crippen molar-refractivity contribution < 1.29 is 4.39 Å². The summed E-state index contributed by atoms with van der Waals surface area (Å²) in [6.45, 7) is 7.27. The van der Waals surface area contributed by atoms with Crippen molar-refractivity contribution in [2.75, 3.05) is 37.6 Å². The number of piperazine rings is 1. The van der Waals surface area contributed by atoms with E-state index >= 15 is 0 Å². The molecule has 30 heavy (non-hydrogen) atoms. The van der Waals surface area contributed by atoms with E-state index in [1.54, 1.807) is 24.5 Å². The van der Waals surface area contributed by atoms with E-state index in [1.807, 2.05) is 28.8 Å². The zero-order chi connectivity index (χ0) is 20.5. The number of rotatable bonds is 4. The highest BCUT2D eigenvalue weighted by Crippen LogP contribution is 2.32. The van der Waals surface area contributed by atoms with Crippen molar-refractivity contribution in [1.29, 1.82) is 0 Å². The van der Waals surface area contributed by atoms with Crippen LogP contribution in [0.15, 0.2) is 60.9 Å². The smallest absolute Gasteiger partial charge is 0.155 e. The van der Waals surface area contributed by atoms with Gasteiger partial charge < -0.3 is 9.80 Å². The van der Waals surface area contributed by atoms with E-state index in [4.69, 9.17) is 10.1 Å². The molecule has 5 rings (SSSR count). The standard InChI is InChI=1S/C23H23FN6/c1-2-28-13-15-29(16-14-28)21-8-7-20-26-22(17-3-5-19(24)6-4-17)23(30(20)27-21)18-9-11-25-12-10-18/h3-12H,2,13-16H2,1H3. The fourth-order valence-electron chi connectivity index (χ4n) is 3.96. The van der Waals surface area contributed by atoms with Crippen LogP contribution in [0.25, 0.3) is 28.2 Å². The van der Waals surface area contributed by atoms with Crippen LogP contribution in [0.2, 0.25) is 0 Å². The van der Waals surface area contributed by atoms with E-state index in [0.29, 0.717) is 0 Å². The van der Waals surface area contributed by atoms with Gasteiger partial charge in [-0.1, -0.05) is 6.92 Å². The highest BCUT2D eigenvalue weighted by atomic mass is 19.1. The number of imidazole rings is 1. The van der Waals surface area contributed by atoms with Gasteiger partial charge in [0, 0.05) is 49.7 Å². The van der Waals surface area contributed by atoms with Gasteiger partial charge in [0.1, 0.15) is 17.3 Å². The molecule has 7 heteroatoms. The Labute approximate surface area is 174 Å². The molecule has 6 nitrogen and oxygen atoms in total. The van der Waals surface area contributed by atoms with Crippen molar-refractivity contribution in [3.63, 3.8) is 0 Å². The summed E-state index contributed by atoms with van der Waals surface area (Å²) in [5.74, 6) is 0.677. The predicted octanol–water partition coefficient (Wildman–Crippen LogP) is 3.74. The van der Waals surface area contributed by atoms with E-state index in [-0.39, 0.29) is 5.82 Å². The Kier molecular flexibility index (Phi) is 4.88. The van der Waals surface area contributed by atoms with Gasteiger partial charge in [-0.15, -0.1) is 5.10 Å². The maximum absolute atomic E-state index is 13.5. The second-order valence-corrected chi connectivity index (χ2v) is 7.43. The molecule has 0 atom stereocenters. The minimum atomic E-state index is -0.264. The lowest BCUT2D eigenvalue weighted by atomic mass is 10.1. The van der Waals surface area contributed by atoms with Crippen LogP contribution in [-0.4, -0.2) is 57.2 Å². The first-order chi connectivity index (χ1) is 14.7. The fourth-order valence-corrected chi connectivity index (χ4v) is 3.96. The molecule has 3 aromatic heterocycles. The Bertz CT molecular complexity index is 1150. The molecule has 1 fully saturated rings. The summed E-state index contributed by atoms with van der Waals surface area (Å²) < 4.78 is 15.4. The molecule has 0 bridgehead atoms. The number of likely N-dealkylation sites (N-methyl/N-ethyl adjacent to an activating group) is 1. The molecule has 0 spiro atoms. The maximum atomic E-state index is 13.5. The third kappa shape index (κ3) is 3.41. The zero-order valence-corrected chi connectivity index (χ0v) is 16.9. The van der Waals surface area contributed by atoms with E-state index in [0.717, 1.165) is 66.7 Å². The summed E-state index contributed by atoms with van der Waals surface area (Å²) >= 11 is 0. The van der Waals surface area contributed by atoms with E-state index in [1.165, 1.54) is 12.1 Å². The molecular weight excluding hydrogens is 379 g/mol. The molecule has 4 aromatic rings. The average molecular weight is 402 g/mol. The minimum Gasteiger partial charge on any atom is -0.353 e.